The Morgan fingerprint density at radius 3 is 2.80 bits per heavy atom. The summed E-state index contributed by atoms with van der Waals surface area (Å²) < 4.78 is 5.79. The van der Waals surface area contributed by atoms with Gasteiger partial charge in [0.1, 0.15) is 5.75 Å². The lowest BCUT2D eigenvalue weighted by Gasteiger charge is -2.40. The van der Waals surface area contributed by atoms with E-state index in [0.717, 1.165) is 45.4 Å². The molecule has 30 heavy (non-hydrogen) atoms. The number of pyridine rings is 1. The highest BCUT2D eigenvalue weighted by atomic mass is 32.1. The van der Waals surface area contributed by atoms with Gasteiger partial charge in [0, 0.05) is 54.9 Å². The van der Waals surface area contributed by atoms with Gasteiger partial charge in [-0.1, -0.05) is 12.1 Å². The van der Waals surface area contributed by atoms with E-state index in [2.05, 4.69) is 21.3 Å². The SMILES string of the molecule is O=C(c1cccc(Oc2ccccn2)c1)N1CCC(N2CCc3sccc3C2)CC1. The van der Waals surface area contributed by atoms with Crippen LogP contribution in [0.1, 0.15) is 33.6 Å². The van der Waals surface area contributed by atoms with Crippen LogP contribution in [0, 0.1) is 0 Å². The maximum Gasteiger partial charge on any atom is 0.253 e. The Morgan fingerprint density at radius 1 is 1.07 bits per heavy atom. The van der Waals surface area contributed by atoms with E-state index in [1.165, 1.54) is 5.56 Å². The van der Waals surface area contributed by atoms with Crippen molar-refractivity contribution in [3.05, 3.63) is 76.1 Å². The zero-order valence-corrected chi connectivity index (χ0v) is 17.7. The average Bonchev–Trinajstić information content (AvgIpc) is 3.28. The molecule has 1 aromatic carbocycles. The number of fused-ring (bicyclic) bond motifs is 1. The third-order valence-corrected chi connectivity index (χ3v) is 7.07. The number of benzene rings is 1. The predicted molar refractivity (Wildman–Crippen MR) is 118 cm³/mol. The average molecular weight is 420 g/mol. The number of likely N-dealkylation sites (tertiary alicyclic amines) is 1. The molecule has 0 N–H and O–H groups in total. The van der Waals surface area contributed by atoms with Gasteiger partial charge in [-0.05, 0) is 60.5 Å². The summed E-state index contributed by atoms with van der Waals surface area (Å²) in [5.41, 5.74) is 2.16. The topological polar surface area (TPSA) is 45.7 Å². The molecular formula is C24H25N3O2S. The van der Waals surface area contributed by atoms with Gasteiger partial charge < -0.3 is 9.64 Å². The van der Waals surface area contributed by atoms with Crippen LogP contribution in [-0.2, 0) is 13.0 Å². The molecule has 6 heteroatoms. The number of hydrogen-bond acceptors (Lipinski definition) is 5. The van der Waals surface area contributed by atoms with E-state index >= 15 is 0 Å². The van der Waals surface area contributed by atoms with Gasteiger partial charge in [0.25, 0.3) is 5.91 Å². The van der Waals surface area contributed by atoms with Crippen molar-refractivity contribution in [1.82, 2.24) is 14.8 Å². The van der Waals surface area contributed by atoms with Gasteiger partial charge in [0.2, 0.25) is 5.88 Å². The fourth-order valence-electron chi connectivity index (χ4n) is 4.42. The summed E-state index contributed by atoms with van der Waals surface area (Å²) in [6.45, 7) is 3.81. The highest BCUT2D eigenvalue weighted by molar-refractivity contribution is 7.10. The van der Waals surface area contributed by atoms with Gasteiger partial charge in [0.05, 0.1) is 0 Å². The maximum absolute atomic E-state index is 13.1. The van der Waals surface area contributed by atoms with E-state index in [9.17, 15) is 4.79 Å². The first kappa shape index (κ1) is 19.3. The molecule has 0 saturated carbocycles. The number of carbonyl (C=O) groups excluding carboxylic acids is 1. The van der Waals surface area contributed by atoms with Crippen LogP contribution in [0.2, 0.25) is 0 Å². The number of piperidine rings is 1. The largest absolute Gasteiger partial charge is 0.439 e. The van der Waals surface area contributed by atoms with Gasteiger partial charge in [-0.25, -0.2) is 4.98 Å². The summed E-state index contributed by atoms with van der Waals surface area (Å²) in [5, 5.41) is 2.21. The highest BCUT2D eigenvalue weighted by Gasteiger charge is 2.29. The Morgan fingerprint density at radius 2 is 1.97 bits per heavy atom. The lowest BCUT2D eigenvalue weighted by Crippen LogP contribution is -2.47. The van der Waals surface area contributed by atoms with Crippen LogP contribution < -0.4 is 4.74 Å². The van der Waals surface area contributed by atoms with Crippen molar-refractivity contribution in [3.8, 4) is 11.6 Å². The molecule has 1 fully saturated rings. The number of hydrogen-bond donors (Lipinski definition) is 0. The molecular weight excluding hydrogens is 394 g/mol. The standard InChI is InChI=1S/C24H25N3O2S/c28-24(18-4-3-5-21(16-18)29-23-6-1-2-11-25-23)26-12-7-20(8-13-26)27-14-9-22-19(17-27)10-15-30-22/h1-6,10-11,15-16,20H,7-9,12-14,17H2. The molecule has 1 saturated heterocycles. The van der Waals surface area contributed by atoms with Crippen molar-refractivity contribution in [2.24, 2.45) is 0 Å². The summed E-state index contributed by atoms with van der Waals surface area (Å²) in [5.74, 6) is 1.24. The second-order valence-electron chi connectivity index (χ2n) is 7.91. The maximum atomic E-state index is 13.1. The summed E-state index contributed by atoms with van der Waals surface area (Å²) in [6.07, 6.45) is 4.93. The van der Waals surface area contributed by atoms with Crippen LogP contribution >= 0.6 is 11.3 Å². The molecule has 0 bridgehead atoms. The quantitative estimate of drug-likeness (QED) is 0.620. The number of thiophene rings is 1. The minimum Gasteiger partial charge on any atom is -0.439 e. The summed E-state index contributed by atoms with van der Waals surface area (Å²) in [6, 6.07) is 15.8. The number of ether oxygens (including phenoxy) is 1. The molecule has 5 nitrogen and oxygen atoms in total. The molecule has 4 heterocycles. The van der Waals surface area contributed by atoms with E-state index in [-0.39, 0.29) is 5.91 Å². The number of rotatable bonds is 4. The van der Waals surface area contributed by atoms with Crippen LogP contribution in [0.25, 0.3) is 0 Å². The Kier molecular flexibility index (Phi) is 5.51. The lowest BCUT2D eigenvalue weighted by molar-refractivity contribution is 0.0600. The zero-order chi connectivity index (χ0) is 20.3. The fourth-order valence-corrected chi connectivity index (χ4v) is 5.31. The van der Waals surface area contributed by atoms with Crippen molar-refractivity contribution in [2.45, 2.75) is 31.8 Å². The van der Waals surface area contributed by atoms with Crippen LogP contribution in [0.4, 0.5) is 0 Å². The molecule has 2 aromatic heterocycles. The molecule has 2 aliphatic rings. The van der Waals surface area contributed by atoms with Gasteiger partial charge in [-0.2, -0.15) is 0 Å². The first-order valence-electron chi connectivity index (χ1n) is 10.5. The molecule has 0 aliphatic carbocycles. The van der Waals surface area contributed by atoms with Gasteiger partial charge in [0.15, 0.2) is 0 Å². The first-order valence-corrected chi connectivity index (χ1v) is 11.4. The number of carbonyl (C=O) groups is 1. The van der Waals surface area contributed by atoms with Crippen molar-refractivity contribution < 1.29 is 9.53 Å². The van der Waals surface area contributed by atoms with Crippen molar-refractivity contribution in [1.29, 1.82) is 0 Å². The molecule has 0 radical (unpaired) electrons. The Labute approximate surface area is 180 Å². The minimum atomic E-state index is 0.0821. The third-order valence-electron chi connectivity index (χ3n) is 6.05. The van der Waals surface area contributed by atoms with E-state index in [0.29, 0.717) is 23.2 Å². The third kappa shape index (κ3) is 4.11. The molecule has 0 atom stereocenters. The minimum absolute atomic E-state index is 0.0821. The van der Waals surface area contributed by atoms with E-state index in [4.69, 9.17) is 4.74 Å². The summed E-state index contributed by atoms with van der Waals surface area (Å²) in [4.78, 5) is 23.4. The molecule has 1 amide bonds. The first-order chi connectivity index (χ1) is 14.8. The van der Waals surface area contributed by atoms with Crippen LogP contribution in [0.15, 0.2) is 60.1 Å². The highest BCUT2D eigenvalue weighted by Crippen LogP contribution is 2.28. The molecule has 0 spiro atoms. The van der Waals surface area contributed by atoms with Crippen LogP contribution in [-0.4, -0.2) is 46.4 Å². The normalized spacial score (nSPS) is 17.5. The molecule has 0 unspecified atom stereocenters. The Balaban J connectivity index is 1.19. The second kappa shape index (κ2) is 8.58. The number of amides is 1. The summed E-state index contributed by atoms with van der Waals surface area (Å²) in [7, 11) is 0. The smallest absolute Gasteiger partial charge is 0.253 e. The van der Waals surface area contributed by atoms with Crippen LogP contribution in [0.5, 0.6) is 11.6 Å². The summed E-state index contributed by atoms with van der Waals surface area (Å²) >= 11 is 1.88. The van der Waals surface area contributed by atoms with Gasteiger partial charge in [-0.3, -0.25) is 9.69 Å². The van der Waals surface area contributed by atoms with Crippen LogP contribution in [0.3, 0.4) is 0 Å². The molecule has 3 aromatic rings. The van der Waals surface area contributed by atoms with E-state index in [1.54, 1.807) is 17.1 Å². The molecule has 154 valence electrons. The molecule has 5 rings (SSSR count). The number of nitrogens with zero attached hydrogens (tertiary/aromatic N) is 3. The number of aromatic nitrogens is 1. The molecule has 2 aliphatic heterocycles. The monoisotopic (exact) mass is 419 g/mol. The van der Waals surface area contributed by atoms with Crippen molar-refractivity contribution in [3.63, 3.8) is 0 Å². The Bertz CT molecular complexity index is 1010. The second-order valence-corrected chi connectivity index (χ2v) is 8.91. The Hall–Kier alpha value is -2.70. The van der Waals surface area contributed by atoms with E-state index in [1.807, 2.05) is 52.6 Å². The van der Waals surface area contributed by atoms with E-state index < -0.39 is 0 Å². The van der Waals surface area contributed by atoms with Crippen molar-refractivity contribution in [2.75, 3.05) is 19.6 Å². The zero-order valence-electron chi connectivity index (χ0n) is 16.9. The predicted octanol–water partition coefficient (Wildman–Crippen LogP) is 4.60. The lowest BCUT2D eigenvalue weighted by atomic mass is 9.99. The van der Waals surface area contributed by atoms with Gasteiger partial charge >= 0.3 is 0 Å². The van der Waals surface area contributed by atoms with Crippen molar-refractivity contribution >= 4 is 17.2 Å². The fraction of sp³-hybridized carbons (Fsp3) is 0.333. The van der Waals surface area contributed by atoms with Gasteiger partial charge in [-0.15, -0.1) is 11.3 Å².